The molecule has 1 aromatic heterocycles. The van der Waals surface area contributed by atoms with Gasteiger partial charge in [0.2, 0.25) is 0 Å². The number of nitrogens with zero attached hydrogens (tertiary/aromatic N) is 2. The van der Waals surface area contributed by atoms with Crippen LogP contribution < -0.4 is 5.73 Å². The molecule has 0 saturated carbocycles. The first kappa shape index (κ1) is 15.1. The van der Waals surface area contributed by atoms with Gasteiger partial charge in [0, 0.05) is 13.0 Å². The molecular weight excluding hydrogens is 272 g/mol. The summed E-state index contributed by atoms with van der Waals surface area (Å²) in [5.41, 5.74) is 5.43. The lowest BCUT2D eigenvalue weighted by atomic mass is 10.5. The Morgan fingerprint density at radius 2 is 2.22 bits per heavy atom. The summed E-state index contributed by atoms with van der Waals surface area (Å²) >= 11 is 4.78. The first-order chi connectivity index (χ1) is 8.41. The van der Waals surface area contributed by atoms with E-state index in [1.807, 2.05) is 13.8 Å². The molecule has 1 aromatic rings. The molecule has 0 aliphatic heterocycles. The molecule has 0 unspecified atom stereocenters. The van der Waals surface area contributed by atoms with Crippen LogP contribution >= 0.6 is 12.2 Å². The number of imidazole rings is 1. The van der Waals surface area contributed by atoms with E-state index in [1.54, 1.807) is 0 Å². The summed E-state index contributed by atoms with van der Waals surface area (Å²) in [7, 11) is -3.60. The lowest BCUT2D eigenvalue weighted by Gasteiger charge is -2.19. The molecule has 0 aliphatic rings. The van der Waals surface area contributed by atoms with Crippen molar-refractivity contribution >= 4 is 27.2 Å². The molecule has 0 radical (unpaired) electrons. The van der Waals surface area contributed by atoms with Gasteiger partial charge in [-0.2, -0.15) is 4.31 Å². The number of thiocarbonyl (C=S) groups is 1. The number of aromatic amines is 1. The minimum atomic E-state index is -3.60. The normalized spacial score (nSPS) is 11.9. The number of rotatable bonds is 7. The quantitative estimate of drug-likeness (QED) is 0.720. The van der Waals surface area contributed by atoms with Crippen molar-refractivity contribution in [2.75, 3.05) is 13.1 Å². The van der Waals surface area contributed by atoms with Gasteiger partial charge in [0.15, 0.2) is 5.03 Å². The van der Waals surface area contributed by atoms with Crippen LogP contribution in [-0.2, 0) is 16.4 Å². The fraction of sp³-hybridized carbons (Fsp3) is 0.600. The SMILES string of the molecule is CCCN(CC(N)=S)S(=O)(=O)c1cnc(CC)[nH]1. The lowest BCUT2D eigenvalue weighted by molar-refractivity contribution is 0.447. The maximum Gasteiger partial charge on any atom is 0.260 e. The van der Waals surface area contributed by atoms with Gasteiger partial charge in [-0.15, -0.1) is 0 Å². The van der Waals surface area contributed by atoms with E-state index in [9.17, 15) is 8.42 Å². The topological polar surface area (TPSA) is 92.1 Å². The summed E-state index contributed by atoms with van der Waals surface area (Å²) in [6.45, 7) is 4.21. The van der Waals surface area contributed by atoms with Crippen LogP contribution in [0.2, 0.25) is 0 Å². The second-order valence-electron chi connectivity index (χ2n) is 3.85. The third-order valence-electron chi connectivity index (χ3n) is 2.36. The number of hydrogen-bond acceptors (Lipinski definition) is 4. The van der Waals surface area contributed by atoms with Gasteiger partial charge < -0.3 is 10.7 Å². The molecule has 1 rings (SSSR count). The Morgan fingerprint density at radius 1 is 1.56 bits per heavy atom. The van der Waals surface area contributed by atoms with Crippen molar-refractivity contribution in [3.8, 4) is 0 Å². The first-order valence-corrected chi connectivity index (χ1v) is 7.59. The third kappa shape index (κ3) is 3.50. The molecular formula is C10H18N4O2S2. The van der Waals surface area contributed by atoms with Crippen molar-refractivity contribution < 1.29 is 8.42 Å². The van der Waals surface area contributed by atoms with E-state index >= 15 is 0 Å². The number of aromatic nitrogens is 2. The fourth-order valence-electron chi connectivity index (χ4n) is 1.50. The van der Waals surface area contributed by atoms with E-state index in [2.05, 4.69) is 9.97 Å². The van der Waals surface area contributed by atoms with E-state index in [0.29, 0.717) is 25.2 Å². The highest BCUT2D eigenvalue weighted by atomic mass is 32.2. The summed E-state index contributed by atoms with van der Waals surface area (Å²) in [4.78, 5) is 6.94. The molecule has 0 saturated heterocycles. The van der Waals surface area contributed by atoms with Gasteiger partial charge in [0.25, 0.3) is 10.0 Å². The van der Waals surface area contributed by atoms with Gasteiger partial charge in [-0.25, -0.2) is 13.4 Å². The molecule has 0 fully saturated rings. The first-order valence-electron chi connectivity index (χ1n) is 5.74. The Kier molecular flexibility index (Phi) is 5.24. The third-order valence-corrected chi connectivity index (χ3v) is 4.25. The van der Waals surface area contributed by atoms with Crippen LogP contribution in [0.4, 0.5) is 0 Å². The van der Waals surface area contributed by atoms with Gasteiger partial charge in [-0.1, -0.05) is 26.1 Å². The molecule has 18 heavy (non-hydrogen) atoms. The molecule has 0 atom stereocenters. The second kappa shape index (κ2) is 6.26. The molecule has 0 aliphatic carbocycles. The molecule has 0 amide bonds. The van der Waals surface area contributed by atoms with Crippen molar-refractivity contribution in [3.05, 3.63) is 12.0 Å². The zero-order valence-corrected chi connectivity index (χ0v) is 12.1. The smallest absolute Gasteiger partial charge is 0.260 e. The molecule has 102 valence electrons. The van der Waals surface area contributed by atoms with Crippen LogP contribution in [0.1, 0.15) is 26.1 Å². The van der Waals surface area contributed by atoms with Crippen molar-refractivity contribution in [2.24, 2.45) is 5.73 Å². The average Bonchev–Trinajstić information content (AvgIpc) is 2.77. The Labute approximate surface area is 113 Å². The number of hydrogen-bond donors (Lipinski definition) is 2. The highest BCUT2D eigenvalue weighted by molar-refractivity contribution is 7.89. The van der Waals surface area contributed by atoms with E-state index in [0.717, 1.165) is 0 Å². The van der Waals surface area contributed by atoms with Crippen LogP contribution in [0.3, 0.4) is 0 Å². The molecule has 8 heteroatoms. The summed E-state index contributed by atoms with van der Waals surface area (Å²) in [5, 5.41) is 0.0871. The molecule has 0 bridgehead atoms. The second-order valence-corrected chi connectivity index (χ2v) is 6.28. The van der Waals surface area contributed by atoms with Crippen LogP contribution in [0.25, 0.3) is 0 Å². The molecule has 6 nitrogen and oxygen atoms in total. The van der Waals surface area contributed by atoms with Crippen molar-refractivity contribution in [3.63, 3.8) is 0 Å². The predicted octanol–water partition coefficient (Wildman–Crippen LogP) is 0.659. The van der Waals surface area contributed by atoms with Gasteiger partial charge in [-0.05, 0) is 6.42 Å². The van der Waals surface area contributed by atoms with Gasteiger partial charge in [-0.3, -0.25) is 0 Å². The number of nitrogens with two attached hydrogens (primary N) is 1. The standard InChI is InChI=1S/C10H18N4O2S2/c1-3-5-14(7-8(11)17)18(15,16)10-6-12-9(4-2)13-10/h6H,3-5,7H2,1-2H3,(H2,11,17)(H,12,13). The van der Waals surface area contributed by atoms with Crippen LogP contribution in [0.5, 0.6) is 0 Å². The summed E-state index contributed by atoms with van der Waals surface area (Å²) in [6.07, 6.45) is 2.67. The lowest BCUT2D eigenvalue weighted by Crippen LogP contribution is -2.38. The largest absolute Gasteiger partial charge is 0.392 e. The Hall–Kier alpha value is -0.990. The van der Waals surface area contributed by atoms with Crippen molar-refractivity contribution in [2.45, 2.75) is 31.7 Å². The summed E-state index contributed by atoms with van der Waals surface area (Å²) < 4.78 is 25.9. The van der Waals surface area contributed by atoms with E-state index in [4.69, 9.17) is 18.0 Å². The number of aryl methyl sites for hydroxylation is 1. The number of H-pyrrole nitrogens is 1. The maximum absolute atomic E-state index is 12.3. The highest BCUT2D eigenvalue weighted by Crippen LogP contribution is 2.14. The summed E-state index contributed by atoms with van der Waals surface area (Å²) in [5.74, 6) is 0.639. The predicted molar refractivity (Wildman–Crippen MR) is 73.8 cm³/mol. The van der Waals surface area contributed by atoms with Gasteiger partial charge in [0.1, 0.15) is 5.82 Å². The van der Waals surface area contributed by atoms with E-state index in [-0.39, 0.29) is 16.6 Å². The molecule has 0 spiro atoms. The highest BCUT2D eigenvalue weighted by Gasteiger charge is 2.26. The van der Waals surface area contributed by atoms with E-state index in [1.165, 1.54) is 10.5 Å². The monoisotopic (exact) mass is 290 g/mol. The number of sulfonamides is 1. The van der Waals surface area contributed by atoms with E-state index < -0.39 is 10.0 Å². The Bertz CT molecular complexity index is 510. The minimum Gasteiger partial charge on any atom is -0.392 e. The zero-order valence-electron chi connectivity index (χ0n) is 10.5. The van der Waals surface area contributed by atoms with Crippen LogP contribution in [0, 0.1) is 0 Å². The Morgan fingerprint density at radius 3 is 2.67 bits per heavy atom. The van der Waals surface area contributed by atoms with Gasteiger partial charge in [0.05, 0.1) is 17.7 Å². The minimum absolute atomic E-state index is 0.0476. The maximum atomic E-state index is 12.3. The van der Waals surface area contributed by atoms with Crippen molar-refractivity contribution in [1.29, 1.82) is 0 Å². The van der Waals surface area contributed by atoms with Crippen molar-refractivity contribution in [1.82, 2.24) is 14.3 Å². The summed E-state index contributed by atoms with van der Waals surface area (Å²) in [6, 6.07) is 0. The fourth-order valence-corrected chi connectivity index (χ4v) is 3.18. The molecule has 1 heterocycles. The molecule has 0 aromatic carbocycles. The Balaban J connectivity index is 3.03. The van der Waals surface area contributed by atoms with Crippen LogP contribution in [0.15, 0.2) is 11.2 Å². The number of nitrogens with one attached hydrogen (secondary N) is 1. The average molecular weight is 290 g/mol. The molecule has 3 N–H and O–H groups in total. The zero-order chi connectivity index (χ0) is 13.8. The van der Waals surface area contributed by atoms with Crippen LogP contribution in [-0.4, -0.2) is 40.8 Å². The van der Waals surface area contributed by atoms with Gasteiger partial charge >= 0.3 is 0 Å².